The molecule has 1 aromatic carbocycles. The van der Waals surface area contributed by atoms with Crippen LogP contribution in [0.15, 0.2) is 18.2 Å². The number of halogens is 1. The minimum atomic E-state index is -0.355. The first kappa shape index (κ1) is 16.1. The first-order valence-corrected chi connectivity index (χ1v) is 7.77. The van der Waals surface area contributed by atoms with E-state index < -0.39 is 0 Å². The molecule has 0 bridgehead atoms. The van der Waals surface area contributed by atoms with Crippen LogP contribution in [-0.2, 0) is 17.8 Å². The first-order valence-electron chi connectivity index (χ1n) is 7.40. The van der Waals surface area contributed by atoms with Crippen molar-refractivity contribution in [2.24, 2.45) is 0 Å². The standard InChI is InChI=1S/C16H23ClN2O2/c1-19(2)9-3-4-12-5-8-15(17)13(10-12)11-21-16(20)18-14-6-7-14/h5,8,10,14H,3-4,6-7,9,11H2,1-2H3,(H,18,20). The van der Waals surface area contributed by atoms with Crippen LogP contribution in [0.4, 0.5) is 4.79 Å². The second kappa shape index (κ2) is 7.66. The fourth-order valence-electron chi connectivity index (χ4n) is 2.07. The zero-order valence-electron chi connectivity index (χ0n) is 12.7. The van der Waals surface area contributed by atoms with Crippen LogP contribution in [0.25, 0.3) is 0 Å². The smallest absolute Gasteiger partial charge is 0.407 e. The van der Waals surface area contributed by atoms with E-state index >= 15 is 0 Å². The van der Waals surface area contributed by atoms with Gasteiger partial charge in [-0.2, -0.15) is 0 Å². The third-order valence-corrected chi connectivity index (χ3v) is 3.81. The molecule has 0 aliphatic heterocycles. The molecule has 2 rings (SSSR count). The van der Waals surface area contributed by atoms with Crippen molar-refractivity contribution < 1.29 is 9.53 Å². The molecular formula is C16H23ClN2O2. The van der Waals surface area contributed by atoms with Gasteiger partial charge in [0.2, 0.25) is 0 Å². The summed E-state index contributed by atoms with van der Waals surface area (Å²) in [7, 11) is 4.14. The molecule has 1 fully saturated rings. The van der Waals surface area contributed by atoms with Gasteiger partial charge in [0.1, 0.15) is 6.61 Å². The number of nitrogens with one attached hydrogen (secondary N) is 1. The van der Waals surface area contributed by atoms with Gasteiger partial charge in [-0.1, -0.05) is 23.7 Å². The van der Waals surface area contributed by atoms with Crippen molar-refractivity contribution in [3.05, 3.63) is 34.3 Å². The lowest BCUT2D eigenvalue weighted by Gasteiger charge is -2.11. The summed E-state index contributed by atoms with van der Waals surface area (Å²) < 4.78 is 5.21. The van der Waals surface area contributed by atoms with Crippen molar-refractivity contribution in [3.63, 3.8) is 0 Å². The third kappa shape index (κ3) is 5.94. The van der Waals surface area contributed by atoms with Crippen molar-refractivity contribution in [1.82, 2.24) is 10.2 Å². The molecule has 4 nitrogen and oxygen atoms in total. The molecule has 0 aromatic heterocycles. The molecule has 1 aliphatic carbocycles. The molecule has 0 spiro atoms. The maximum atomic E-state index is 11.5. The molecule has 0 heterocycles. The molecule has 5 heteroatoms. The van der Waals surface area contributed by atoms with E-state index in [2.05, 4.69) is 24.3 Å². The maximum absolute atomic E-state index is 11.5. The van der Waals surface area contributed by atoms with Gasteiger partial charge in [-0.15, -0.1) is 0 Å². The monoisotopic (exact) mass is 310 g/mol. The Balaban J connectivity index is 1.83. The molecule has 21 heavy (non-hydrogen) atoms. The van der Waals surface area contributed by atoms with E-state index in [4.69, 9.17) is 16.3 Å². The van der Waals surface area contributed by atoms with Crippen LogP contribution in [-0.4, -0.2) is 37.7 Å². The number of ether oxygens (including phenoxy) is 1. The van der Waals surface area contributed by atoms with Gasteiger partial charge in [-0.05, 0) is 58.0 Å². The molecule has 1 amide bonds. The Labute approximate surface area is 131 Å². The Bertz CT molecular complexity index is 487. The molecule has 0 unspecified atom stereocenters. The molecule has 1 aromatic rings. The van der Waals surface area contributed by atoms with Crippen LogP contribution < -0.4 is 5.32 Å². The van der Waals surface area contributed by atoms with Gasteiger partial charge < -0.3 is 15.0 Å². The number of alkyl carbamates (subject to hydrolysis) is 1. The van der Waals surface area contributed by atoms with Crippen LogP contribution in [0, 0.1) is 0 Å². The number of aryl methyl sites for hydroxylation is 1. The SMILES string of the molecule is CN(C)CCCc1ccc(Cl)c(COC(=O)NC2CC2)c1. The molecule has 0 radical (unpaired) electrons. The quantitative estimate of drug-likeness (QED) is 0.840. The summed E-state index contributed by atoms with van der Waals surface area (Å²) in [6.07, 6.45) is 3.84. The van der Waals surface area contributed by atoms with Gasteiger partial charge in [0.05, 0.1) is 0 Å². The summed E-state index contributed by atoms with van der Waals surface area (Å²) in [5.74, 6) is 0. The minimum absolute atomic E-state index is 0.221. The fourth-order valence-corrected chi connectivity index (χ4v) is 2.25. The number of carbonyl (C=O) groups is 1. The second-order valence-electron chi connectivity index (χ2n) is 5.83. The van der Waals surface area contributed by atoms with Crippen LogP contribution in [0.1, 0.15) is 30.4 Å². The van der Waals surface area contributed by atoms with E-state index in [-0.39, 0.29) is 12.7 Å². The number of rotatable bonds is 7. The van der Waals surface area contributed by atoms with Crippen LogP contribution >= 0.6 is 11.6 Å². The number of carbonyl (C=O) groups excluding carboxylic acids is 1. The van der Waals surface area contributed by atoms with Crippen LogP contribution in [0.5, 0.6) is 0 Å². The van der Waals surface area contributed by atoms with Gasteiger partial charge in [0, 0.05) is 16.6 Å². The summed E-state index contributed by atoms with van der Waals surface area (Å²) in [6.45, 7) is 1.27. The Kier molecular flexibility index (Phi) is 5.88. The average molecular weight is 311 g/mol. The fraction of sp³-hybridized carbons (Fsp3) is 0.562. The third-order valence-electron chi connectivity index (χ3n) is 3.44. The van der Waals surface area contributed by atoms with Crippen molar-refractivity contribution in [1.29, 1.82) is 0 Å². The number of nitrogens with zero attached hydrogens (tertiary/aromatic N) is 1. The zero-order chi connectivity index (χ0) is 15.2. The second-order valence-corrected chi connectivity index (χ2v) is 6.23. The highest BCUT2D eigenvalue weighted by atomic mass is 35.5. The normalized spacial score (nSPS) is 14.3. The lowest BCUT2D eigenvalue weighted by atomic mass is 10.1. The van der Waals surface area contributed by atoms with Crippen LogP contribution in [0.3, 0.4) is 0 Å². The molecule has 1 saturated carbocycles. The highest BCUT2D eigenvalue weighted by Crippen LogP contribution is 2.21. The number of hydrogen-bond donors (Lipinski definition) is 1. The summed E-state index contributed by atoms with van der Waals surface area (Å²) in [4.78, 5) is 13.7. The largest absolute Gasteiger partial charge is 0.445 e. The van der Waals surface area contributed by atoms with E-state index in [0.29, 0.717) is 11.1 Å². The van der Waals surface area contributed by atoms with Gasteiger partial charge in [0.25, 0.3) is 0 Å². The van der Waals surface area contributed by atoms with Gasteiger partial charge in [-0.25, -0.2) is 4.79 Å². The minimum Gasteiger partial charge on any atom is -0.445 e. The van der Waals surface area contributed by atoms with E-state index in [9.17, 15) is 4.79 Å². The van der Waals surface area contributed by atoms with Crippen LogP contribution in [0.2, 0.25) is 5.02 Å². The summed E-state index contributed by atoms with van der Waals surface area (Å²) >= 11 is 6.16. The Morgan fingerprint density at radius 3 is 2.86 bits per heavy atom. The van der Waals surface area contributed by atoms with E-state index in [0.717, 1.165) is 37.8 Å². The number of amides is 1. The van der Waals surface area contributed by atoms with Crippen molar-refractivity contribution >= 4 is 17.7 Å². The number of hydrogen-bond acceptors (Lipinski definition) is 3. The highest BCUT2D eigenvalue weighted by molar-refractivity contribution is 6.31. The van der Waals surface area contributed by atoms with Crippen molar-refractivity contribution in [2.45, 2.75) is 38.3 Å². The van der Waals surface area contributed by atoms with E-state index in [1.54, 1.807) is 0 Å². The summed E-state index contributed by atoms with van der Waals surface area (Å²) in [5, 5.41) is 3.44. The lowest BCUT2D eigenvalue weighted by molar-refractivity contribution is 0.139. The molecule has 116 valence electrons. The zero-order valence-corrected chi connectivity index (χ0v) is 13.4. The van der Waals surface area contributed by atoms with Crippen molar-refractivity contribution in [3.8, 4) is 0 Å². The predicted octanol–water partition coefficient (Wildman–Crippen LogP) is 3.22. The topological polar surface area (TPSA) is 41.6 Å². The predicted molar refractivity (Wildman–Crippen MR) is 84.7 cm³/mol. The maximum Gasteiger partial charge on any atom is 0.407 e. The van der Waals surface area contributed by atoms with Crippen molar-refractivity contribution in [2.75, 3.05) is 20.6 Å². The Hall–Kier alpha value is -1.26. The highest BCUT2D eigenvalue weighted by Gasteiger charge is 2.23. The average Bonchev–Trinajstić information content (AvgIpc) is 3.22. The molecule has 1 N–H and O–H groups in total. The molecule has 0 saturated heterocycles. The van der Waals surface area contributed by atoms with Gasteiger partial charge in [-0.3, -0.25) is 0 Å². The number of benzene rings is 1. The molecule has 1 aliphatic rings. The van der Waals surface area contributed by atoms with E-state index in [1.165, 1.54) is 5.56 Å². The molecular weight excluding hydrogens is 288 g/mol. The summed E-state index contributed by atoms with van der Waals surface area (Å²) in [5.41, 5.74) is 2.09. The summed E-state index contributed by atoms with van der Waals surface area (Å²) in [6, 6.07) is 6.25. The Morgan fingerprint density at radius 2 is 2.19 bits per heavy atom. The lowest BCUT2D eigenvalue weighted by Crippen LogP contribution is -2.26. The van der Waals surface area contributed by atoms with E-state index in [1.807, 2.05) is 18.2 Å². The molecule has 0 atom stereocenters. The Morgan fingerprint density at radius 1 is 1.43 bits per heavy atom. The van der Waals surface area contributed by atoms with Gasteiger partial charge in [0.15, 0.2) is 0 Å². The van der Waals surface area contributed by atoms with Gasteiger partial charge >= 0.3 is 6.09 Å². The first-order chi connectivity index (χ1) is 10.0.